The Morgan fingerprint density at radius 1 is 1.25 bits per heavy atom. The minimum atomic E-state index is -3.41. The van der Waals surface area contributed by atoms with Crippen LogP contribution in [-0.4, -0.2) is 38.0 Å². The Balaban J connectivity index is 2.89. The maximum atomic E-state index is 12.0. The lowest BCUT2D eigenvalue weighted by molar-refractivity contribution is 0.275. The molecule has 0 bridgehead atoms. The van der Waals surface area contributed by atoms with Crippen LogP contribution in [0.5, 0.6) is 0 Å². The van der Waals surface area contributed by atoms with Gasteiger partial charge in [-0.25, -0.2) is 12.7 Å². The van der Waals surface area contributed by atoms with Crippen molar-refractivity contribution in [3.63, 3.8) is 0 Å². The Labute approximate surface area is 96.6 Å². The van der Waals surface area contributed by atoms with Crippen molar-refractivity contribution in [2.24, 2.45) is 0 Å². The van der Waals surface area contributed by atoms with Crippen LogP contribution in [0.2, 0.25) is 0 Å². The summed E-state index contributed by atoms with van der Waals surface area (Å²) in [6.07, 6.45) is 0.446. The maximum absolute atomic E-state index is 12.0. The van der Waals surface area contributed by atoms with Crippen molar-refractivity contribution < 1.29 is 13.5 Å². The molecule has 0 spiro atoms. The van der Waals surface area contributed by atoms with Gasteiger partial charge in [0.1, 0.15) is 0 Å². The van der Waals surface area contributed by atoms with Crippen LogP contribution < -0.4 is 0 Å². The topological polar surface area (TPSA) is 57.6 Å². The molecule has 1 N–H and O–H groups in total. The van der Waals surface area contributed by atoms with Crippen molar-refractivity contribution in [1.29, 1.82) is 0 Å². The molecule has 0 radical (unpaired) electrons. The first kappa shape index (κ1) is 13.2. The number of hydrogen-bond acceptors (Lipinski definition) is 3. The number of benzene rings is 1. The molecule has 0 atom stereocenters. The first-order valence-electron chi connectivity index (χ1n) is 5.12. The SMILES string of the molecule is Cc1ccc(S(=O)(=O)N(C)CCCO)cc1. The average molecular weight is 243 g/mol. The van der Waals surface area contributed by atoms with E-state index in [0.717, 1.165) is 5.56 Å². The second kappa shape index (κ2) is 5.43. The molecule has 4 nitrogen and oxygen atoms in total. The van der Waals surface area contributed by atoms with Gasteiger partial charge in [0.2, 0.25) is 10.0 Å². The lowest BCUT2D eigenvalue weighted by Gasteiger charge is -2.16. The van der Waals surface area contributed by atoms with Gasteiger partial charge in [0.15, 0.2) is 0 Å². The number of aryl methyl sites for hydroxylation is 1. The molecule has 0 aliphatic heterocycles. The molecule has 90 valence electrons. The van der Waals surface area contributed by atoms with Gasteiger partial charge in [-0.2, -0.15) is 0 Å². The standard InChI is InChI=1S/C11H17NO3S/c1-10-4-6-11(7-5-10)16(14,15)12(2)8-3-9-13/h4-7,13H,3,8-9H2,1-2H3. The molecule has 0 saturated heterocycles. The van der Waals surface area contributed by atoms with E-state index >= 15 is 0 Å². The third-order valence-electron chi connectivity index (χ3n) is 2.36. The Bertz CT molecular complexity index is 425. The molecule has 1 aromatic rings. The predicted molar refractivity (Wildman–Crippen MR) is 62.7 cm³/mol. The van der Waals surface area contributed by atoms with Gasteiger partial charge in [-0.3, -0.25) is 0 Å². The number of hydrogen-bond donors (Lipinski definition) is 1. The van der Waals surface area contributed by atoms with E-state index in [-0.39, 0.29) is 6.61 Å². The van der Waals surface area contributed by atoms with Crippen molar-refractivity contribution >= 4 is 10.0 Å². The highest BCUT2D eigenvalue weighted by Crippen LogP contribution is 2.14. The Kier molecular flexibility index (Phi) is 4.46. The van der Waals surface area contributed by atoms with Crippen molar-refractivity contribution in [3.05, 3.63) is 29.8 Å². The minimum Gasteiger partial charge on any atom is -0.396 e. The van der Waals surface area contributed by atoms with E-state index < -0.39 is 10.0 Å². The van der Waals surface area contributed by atoms with Gasteiger partial charge in [-0.05, 0) is 25.5 Å². The lowest BCUT2D eigenvalue weighted by Crippen LogP contribution is -2.28. The van der Waals surface area contributed by atoms with Crippen LogP contribution >= 0.6 is 0 Å². The highest BCUT2D eigenvalue weighted by atomic mass is 32.2. The molecule has 0 fully saturated rings. The van der Waals surface area contributed by atoms with Crippen molar-refractivity contribution in [3.8, 4) is 0 Å². The number of aliphatic hydroxyl groups excluding tert-OH is 1. The molecular formula is C11H17NO3S. The minimum absolute atomic E-state index is 0.00619. The summed E-state index contributed by atoms with van der Waals surface area (Å²) < 4.78 is 25.2. The average Bonchev–Trinajstić information content (AvgIpc) is 2.26. The fourth-order valence-electron chi connectivity index (χ4n) is 1.30. The molecule has 0 aliphatic carbocycles. The van der Waals surface area contributed by atoms with E-state index in [4.69, 9.17) is 5.11 Å². The summed E-state index contributed by atoms with van der Waals surface area (Å²) in [6, 6.07) is 6.74. The zero-order valence-corrected chi connectivity index (χ0v) is 10.4. The van der Waals surface area contributed by atoms with Crippen LogP contribution in [0.1, 0.15) is 12.0 Å². The Hall–Kier alpha value is -0.910. The van der Waals surface area contributed by atoms with Gasteiger partial charge in [0, 0.05) is 20.2 Å². The van der Waals surface area contributed by atoms with Gasteiger partial charge in [-0.1, -0.05) is 17.7 Å². The first-order chi connectivity index (χ1) is 7.48. The molecule has 0 aliphatic rings. The predicted octanol–water partition coefficient (Wildman–Crippen LogP) is 0.998. The zero-order valence-electron chi connectivity index (χ0n) is 9.55. The second-order valence-corrected chi connectivity index (χ2v) is 5.76. The second-order valence-electron chi connectivity index (χ2n) is 3.72. The van der Waals surface area contributed by atoms with Crippen LogP contribution in [0.15, 0.2) is 29.2 Å². The molecule has 1 rings (SSSR count). The molecule has 16 heavy (non-hydrogen) atoms. The normalized spacial score (nSPS) is 12.0. The van der Waals surface area contributed by atoms with Crippen molar-refractivity contribution in [2.45, 2.75) is 18.2 Å². The summed E-state index contributed by atoms with van der Waals surface area (Å²) in [7, 11) is -1.89. The molecular weight excluding hydrogens is 226 g/mol. The molecule has 0 aromatic heterocycles. The summed E-state index contributed by atoms with van der Waals surface area (Å²) in [5, 5.41) is 8.67. The zero-order chi connectivity index (χ0) is 12.2. The van der Waals surface area contributed by atoms with Gasteiger partial charge >= 0.3 is 0 Å². The van der Waals surface area contributed by atoms with Gasteiger partial charge in [0.05, 0.1) is 4.90 Å². The molecule has 0 amide bonds. The number of aliphatic hydroxyl groups is 1. The Morgan fingerprint density at radius 2 is 1.81 bits per heavy atom. The van der Waals surface area contributed by atoms with E-state index in [1.807, 2.05) is 6.92 Å². The van der Waals surface area contributed by atoms with E-state index in [9.17, 15) is 8.42 Å². The van der Waals surface area contributed by atoms with Gasteiger partial charge < -0.3 is 5.11 Å². The lowest BCUT2D eigenvalue weighted by atomic mass is 10.2. The fourth-order valence-corrected chi connectivity index (χ4v) is 2.51. The third kappa shape index (κ3) is 3.04. The quantitative estimate of drug-likeness (QED) is 0.839. The summed E-state index contributed by atoms with van der Waals surface area (Å²) in [5.74, 6) is 0. The summed E-state index contributed by atoms with van der Waals surface area (Å²) in [4.78, 5) is 0.290. The highest BCUT2D eigenvalue weighted by molar-refractivity contribution is 7.89. The van der Waals surface area contributed by atoms with Crippen molar-refractivity contribution in [2.75, 3.05) is 20.2 Å². The van der Waals surface area contributed by atoms with Gasteiger partial charge in [-0.15, -0.1) is 0 Å². The maximum Gasteiger partial charge on any atom is 0.242 e. The molecule has 0 heterocycles. The number of nitrogens with zero attached hydrogens (tertiary/aromatic N) is 1. The van der Waals surface area contributed by atoms with Crippen LogP contribution in [0.3, 0.4) is 0 Å². The molecule has 5 heteroatoms. The highest BCUT2D eigenvalue weighted by Gasteiger charge is 2.19. The number of rotatable bonds is 5. The summed E-state index contributed by atoms with van der Waals surface area (Å²) in [6.45, 7) is 2.23. The van der Waals surface area contributed by atoms with Crippen molar-refractivity contribution in [1.82, 2.24) is 4.31 Å². The van der Waals surface area contributed by atoms with Gasteiger partial charge in [0.25, 0.3) is 0 Å². The summed E-state index contributed by atoms with van der Waals surface area (Å²) >= 11 is 0. The van der Waals surface area contributed by atoms with Crippen LogP contribution in [-0.2, 0) is 10.0 Å². The largest absolute Gasteiger partial charge is 0.396 e. The number of sulfonamides is 1. The van der Waals surface area contributed by atoms with Crippen LogP contribution in [0.4, 0.5) is 0 Å². The monoisotopic (exact) mass is 243 g/mol. The first-order valence-corrected chi connectivity index (χ1v) is 6.56. The molecule has 0 saturated carbocycles. The Morgan fingerprint density at radius 3 is 2.31 bits per heavy atom. The summed E-state index contributed by atoms with van der Waals surface area (Å²) in [5.41, 5.74) is 1.02. The van der Waals surface area contributed by atoms with Crippen LogP contribution in [0.25, 0.3) is 0 Å². The van der Waals surface area contributed by atoms with E-state index in [2.05, 4.69) is 0 Å². The smallest absolute Gasteiger partial charge is 0.242 e. The fraction of sp³-hybridized carbons (Fsp3) is 0.455. The van der Waals surface area contributed by atoms with E-state index in [0.29, 0.717) is 17.9 Å². The van der Waals surface area contributed by atoms with E-state index in [1.165, 1.54) is 11.4 Å². The molecule has 1 aromatic carbocycles. The van der Waals surface area contributed by atoms with E-state index in [1.54, 1.807) is 24.3 Å². The third-order valence-corrected chi connectivity index (χ3v) is 4.23. The van der Waals surface area contributed by atoms with Crippen LogP contribution in [0, 0.1) is 6.92 Å². The molecule has 0 unspecified atom stereocenters.